The Morgan fingerprint density at radius 2 is 1.87 bits per heavy atom. The van der Waals surface area contributed by atoms with E-state index in [1.807, 2.05) is 13.0 Å². The lowest BCUT2D eigenvalue weighted by Crippen LogP contribution is -2.21. The second kappa shape index (κ2) is 7.63. The van der Waals surface area contributed by atoms with E-state index in [1.165, 1.54) is 17.0 Å². The topological polar surface area (TPSA) is 41.6 Å². The van der Waals surface area contributed by atoms with Crippen LogP contribution >= 0.6 is 0 Å². The van der Waals surface area contributed by atoms with Gasteiger partial charge in [0.2, 0.25) is 0 Å². The summed E-state index contributed by atoms with van der Waals surface area (Å²) in [5.41, 5.74) is 2.33. The van der Waals surface area contributed by atoms with Crippen molar-refractivity contribution in [1.82, 2.24) is 4.90 Å². The van der Waals surface area contributed by atoms with E-state index in [9.17, 15) is 9.18 Å². The first-order chi connectivity index (χ1) is 11.0. The van der Waals surface area contributed by atoms with Gasteiger partial charge in [-0.05, 0) is 42.8 Å². The van der Waals surface area contributed by atoms with Gasteiger partial charge in [0.25, 0.3) is 5.91 Å². The van der Waals surface area contributed by atoms with Gasteiger partial charge in [0.1, 0.15) is 11.6 Å². The maximum atomic E-state index is 12.9. The van der Waals surface area contributed by atoms with Crippen molar-refractivity contribution in [2.24, 2.45) is 0 Å². The third-order valence-corrected chi connectivity index (χ3v) is 3.33. The molecule has 0 aliphatic carbocycles. The van der Waals surface area contributed by atoms with Crippen LogP contribution in [0, 0.1) is 5.82 Å². The fourth-order valence-corrected chi connectivity index (χ4v) is 2.13. The lowest BCUT2D eigenvalue weighted by molar-refractivity contribution is 0.0827. The minimum atomic E-state index is -0.254. The maximum absolute atomic E-state index is 12.9. The Labute approximate surface area is 135 Å². The van der Waals surface area contributed by atoms with Gasteiger partial charge in [0.05, 0.1) is 12.3 Å². The van der Waals surface area contributed by atoms with Crippen LogP contribution in [0.15, 0.2) is 42.5 Å². The van der Waals surface area contributed by atoms with Crippen LogP contribution < -0.4 is 10.1 Å². The molecule has 122 valence electrons. The van der Waals surface area contributed by atoms with Gasteiger partial charge < -0.3 is 15.0 Å². The van der Waals surface area contributed by atoms with Crippen LogP contribution in [-0.2, 0) is 6.54 Å². The van der Waals surface area contributed by atoms with Crippen LogP contribution in [0.3, 0.4) is 0 Å². The molecule has 1 amide bonds. The molecule has 0 atom stereocenters. The molecule has 0 heterocycles. The highest BCUT2D eigenvalue weighted by molar-refractivity contribution is 5.95. The normalized spacial score (nSPS) is 10.3. The molecule has 0 aliphatic rings. The predicted octanol–water partition coefficient (Wildman–Crippen LogP) is 3.54. The summed E-state index contributed by atoms with van der Waals surface area (Å²) in [6, 6.07) is 11.6. The summed E-state index contributed by atoms with van der Waals surface area (Å²) in [4.78, 5) is 13.6. The number of benzene rings is 2. The van der Waals surface area contributed by atoms with Gasteiger partial charge in [0, 0.05) is 26.2 Å². The molecule has 0 bridgehead atoms. The van der Waals surface area contributed by atoms with Crippen LogP contribution in [-0.4, -0.2) is 31.5 Å². The molecule has 0 radical (unpaired) electrons. The molecule has 2 aromatic rings. The van der Waals surface area contributed by atoms with Crippen LogP contribution in [0.4, 0.5) is 10.1 Å². The van der Waals surface area contributed by atoms with Crippen molar-refractivity contribution >= 4 is 11.6 Å². The van der Waals surface area contributed by atoms with E-state index < -0.39 is 0 Å². The first-order valence-electron chi connectivity index (χ1n) is 7.48. The zero-order valence-corrected chi connectivity index (χ0v) is 13.6. The number of carbonyl (C=O) groups is 1. The fourth-order valence-electron chi connectivity index (χ4n) is 2.13. The Morgan fingerprint density at radius 3 is 2.48 bits per heavy atom. The minimum absolute atomic E-state index is 0.0731. The zero-order valence-electron chi connectivity index (χ0n) is 13.6. The highest BCUT2D eigenvalue weighted by atomic mass is 19.1. The van der Waals surface area contributed by atoms with Crippen LogP contribution in [0.25, 0.3) is 0 Å². The molecule has 1 N–H and O–H groups in total. The Bertz CT molecular complexity index is 669. The van der Waals surface area contributed by atoms with Gasteiger partial charge in [-0.2, -0.15) is 0 Å². The first kappa shape index (κ1) is 16.8. The molecule has 4 nitrogen and oxygen atoms in total. The highest BCUT2D eigenvalue weighted by Gasteiger charge is 2.12. The number of nitrogens with one attached hydrogen (secondary N) is 1. The van der Waals surface area contributed by atoms with Crippen molar-refractivity contribution in [2.45, 2.75) is 13.5 Å². The van der Waals surface area contributed by atoms with Gasteiger partial charge >= 0.3 is 0 Å². The molecule has 0 unspecified atom stereocenters. The van der Waals surface area contributed by atoms with Crippen molar-refractivity contribution in [2.75, 3.05) is 26.0 Å². The van der Waals surface area contributed by atoms with Gasteiger partial charge in [-0.1, -0.05) is 12.1 Å². The van der Waals surface area contributed by atoms with Crippen molar-refractivity contribution in [3.8, 4) is 5.75 Å². The molecule has 0 aliphatic heterocycles. The number of hydrogen-bond donors (Lipinski definition) is 1. The summed E-state index contributed by atoms with van der Waals surface area (Å²) in [6.45, 7) is 2.94. The number of amides is 1. The molecular weight excluding hydrogens is 295 g/mol. The fraction of sp³-hybridized carbons (Fsp3) is 0.278. The lowest BCUT2D eigenvalue weighted by Gasteiger charge is -2.15. The molecule has 0 spiro atoms. The quantitative estimate of drug-likeness (QED) is 0.886. The Kier molecular flexibility index (Phi) is 5.57. The Morgan fingerprint density at radius 1 is 1.17 bits per heavy atom. The molecule has 2 rings (SSSR count). The minimum Gasteiger partial charge on any atom is -0.492 e. The summed E-state index contributed by atoms with van der Waals surface area (Å²) < 4.78 is 18.5. The van der Waals surface area contributed by atoms with E-state index in [2.05, 4.69) is 5.32 Å². The summed E-state index contributed by atoms with van der Waals surface area (Å²) >= 11 is 0. The number of anilines is 1. The van der Waals surface area contributed by atoms with Crippen LogP contribution in [0.1, 0.15) is 22.8 Å². The predicted molar refractivity (Wildman–Crippen MR) is 89.4 cm³/mol. The van der Waals surface area contributed by atoms with Gasteiger partial charge in [-0.15, -0.1) is 0 Å². The number of carbonyl (C=O) groups excluding carboxylic acids is 1. The summed E-state index contributed by atoms with van der Waals surface area (Å²) in [5.74, 6) is 0.300. The lowest BCUT2D eigenvalue weighted by atomic mass is 10.1. The number of nitrogens with zero attached hydrogens (tertiary/aromatic N) is 1. The standard InChI is InChI=1S/C18H21FN2O2/c1-4-23-17-11-14(18(22)21(2)3)7-10-16(17)20-12-13-5-8-15(19)9-6-13/h5-11,20H,4,12H2,1-3H3. The van der Waals surface area contributed by atoms with E-state index >= 15 is 0 Å². The molecule has 23 heavy (non-hydrogen) atoms. The van der Waals surface area contributed by atoms with Crippen LogP contribution in [0.5, 0.6) is 5.75 Å². The van der Waals surface area contributed by atoms with E-state index in [0.29, 0.717) is 24.5 Å². The first-order valence-corrected chi connectivity index (χ1v) is 7.48. The zero-order chi connectivity index (χ0) is 16.8. The van der Waals surface area contributed by atoms with Gasteiger partial charge in [-0.25, -0.2) is 4.39 Å². The van der Waals surface area contributed by atoms with Crippen molar-refractivity contribution in [1.29, 1.82) is 0 Å². The van der Waals surface area contributed by atoms with Gasteiger partial charge in [-0.3, -0.25) is 4.79 Å². The van der Waals surface area contributed by atoms with E-state index in [0.717, 1.165) is 11.3 Å². The monoisotopic (exact) mass is 316 g/mol. The van der Waals surface area contributed by atoms with Crippen LogP contribution in [0.2, 0.25) is 0 Å². The average Bonchev–Trinajstić information content (AvgIpc) is 2.54. The van der Waals surface area contributed by atoms with Crippen molar-refractivity contribution < 1.29 is 13.9 Å². The number of rotatable bonds is 6. The number of hydrogen-bond acceptors (Lipinski definition) is 3. The van der Waals surface area contributed by atoms with Crippen molar-refractivity contribution in [3.05, 3.63) is 59.4 Å². The summed E-state index contributed by atoms with van der Waals surface area (Å²) in [7, 11) is 3.42. The molecule has 0 saturated carbocycles. The number of halogens is 1. The molecule has 0 fully saturated rings. The number of ether oxygens (including phenoxy) is 1. The second-order valence-electron chi connectivity index (χ2n) is 5.32. The highest BCUT2D eigenvalue weighted by Crippen LogP contribution is 2.27. The molecule has 5 heteroatoms. The Balaban J connectivity index is 2.16. The SMILES string of the molecule is CCOc1cc(C(=O)N(C)C)ccc1NCc1ccc(F)cc1. The molecular formula is C18H21FN2O2. The average molecular weight is 316 g/mol. The third-order valence-electron chi connectivity index (χ3n) is 3.33. The van der Waals surface area contributed by atoms with Crippen molar-refractivity contribution in [3.63, 3.8) is 0 Å². The Hall–Kier alpha value is -2.56. The summed E-state index contributed by atoms with van der Waals surface area (Å²) in [5, 5.41) is 3.26. The van der Waals surface area contributed by atoms with E-state index in [1.54, 1.807) is 38.4 Å². The van der Waals surface area contributed by atoms with E-state index in [4.69, 9.17) is 4.74 Å². The smallest absolute Gasteiger partial charge is 0.253 e. The molecule has 0 saturated heterocycles. The molecule has 0 aromatic heterocycles. The largest absolute Gasteiger partial charge is 0.492 e. The third kappa shape index (κ3) is 4.45. The summed E-state index contributed by atoms with van der Waals surface area (Å²) in [6.07, 6.45) is 0. The van der Waals surface area contributed by atoms with Gasteiger partial charge in [0.15, 0.2) is 0 Å². The second-order valence-corrected chi connectivity index (χ2v) is 5.32. The maximum Gasteiger partial charge on any atom is 0.253 e. The van der Waals surface area contributed by atoms with E-state index in [-0.39, 0.29) is 11.7 Å². The molecule has 2 aromatic carbocycles.